The Bertz CT molecular complexity index is 2870. The predicted octanol–water partition coefficient (Wildman–Crippen LogP) is 17.4. The van der Waals surface area contributed by atoms with Crippen molar-refractivity contribution in [3.05, 3.63) is 163 Å². The first-order chi connectivity index (χ1) is 29.8. The van der Waals surface area contributed by atoms with Crippen molar-refractivity contribution in [3.8, 4) is 22.6 Å². The number of nitrogens with one attached hydrogen (secondary N) is 1. The third-order valence-corrected chi connectivity index (χ3v) is 12.8. The molecule has 0 atom stereocenters. The topological polar surface area (TPSA) is 70.7 Å². The molecule has 0 amide bonds. The molecule has 0 spiro atoms. The molecule has 0 bridgehead atoms. The number of benzene rings is 8. The molecule has 0 aromatic heterocycles. The van der Waals surface area contributed by atoms with Gasteiger partial charge in [0.15, 0.2) is 0 Å². The van der Waals surface area contributed by atoms with E-state index in [9.17, 15) is 0 Å². The van der Waals surface area contributed by atoms with E-state index in [1.54, 1.807) is 0 Å². The second-order valence-electron chi connectivity index (χ2n) is 17.3. The molecule has 61 heavy (non-hydrogen) atoms. The Morgan fingerprint density at radius 3 is 1.54 bits per heavy atom. The van der Waals surface area contributed by atoms with Crippen LogP contribution in [0.2, 0.25) is 0 Å². The van der Waals surface area contributed by atoms with E-state index >= 15 is 0 Å². The van der Waals surface area contributed by atoms with Gasteiger partial charge in [-0.2, -0.15) is 5.11 Å². The monoisotopic (exact) mass is 799 g/mol. The lowest BCUT2D eigenvalue weighted by Crippen LogP contribution is -2.20. The van der Waals surface area contributed by atoms with Crippen LogP contribution in [0.15, 0.2) is 178 Å². The standard InChI is InChI=1S/C55H53N5O/c1-5-55(3,4)39-22-26-41(27-23-39)61-42-28-24-40(25-29-42)57-58-53-34-35-54(50-17-11-10-16-49(50)53)60-59-52-33-31-46(44-13-7-9-15-48(44)52)45-30-32-51(47-14-8-6-12-43(45)47)56-36-38-20-18-37(2)19-21-38/h6-17,22-35,37-38,56H,5,18-21,36H2,1-4H3. The van der Waals surface area contributed by atoms with E-state index in [-0.39, 0.29) is 5.41 Å². The summed E-state index contributed by atoms with van der Waals surface area (Å²) in [6.45, 7) is 10.2. The van der Waals surface area contributed by atoms with E-state index in [4.69, 9.17) is 15.0 Å². The minimum Gasteiger partial charge on any atom is -0.457 e. The Hall–Kier alpha value is -6.66. The quantitative estimate of drug-likeness (QED) is 0.125. The Kier molecular flexibility index (Phi) is 11.4. The van der Waals surface area contributed by atoms with Crippen molar-refractivity contribution in [1.82, 2.24) is 0 Å². The Balaban J connectivity index is 0.938. The number of azo groups is 2. The second-order valence-corrected chi connectivity index (χ2v) is 17.3. The van der Waals surface area contributed by atoms with Gasteiger partial charge in [-0.3, -0.25) is 0 Å². The van der Waals surface area contributed by atoms with Crippen molar-refractivity contribution in [2.24, 2.45) is 32.3 Å². The fourth-order valence-electron chi connectivity index (χ4n) is 8.64. The van der Waals surface area contributed by atoms with Crippen molar-refractivity contribution >= 4 is 60.8 Å². The zero-order valence-electron chi connectivity index (χ0n) is 35.6. The van der Waals surface area contributed by atoms with Crippen LogP contribution >= 0.6 is 0 Å². The van der Waals surface area contributed by atoms with Gasteiger partial charge in [0.05, 0.1) is 22.7 Å². The van der Waals surface area contributed by atoms with Gasteiger partial charge >= 0.3 is 0 Å². The first kappa shape index (κ1) is 39.8. The molecular weight excluding hydrogens is 747 g/mol. The molecule has 9 rings (SSSR count). The van der Waals surface area contributed by atoms with Crippen LogP contribution in [-0.4, -0.2) is 6.54 Å². The maximum absolute atomic E-state index is 6.12. The van der Waals surface area contributed by atoms with E-state index in [0.29, 0.717) is 0 Å². The first-order valence-corrected chi connectivity index (χ1v) is 21.8. The van der Waals surface area contributed by atoms with E-state index < -0.39 is 0 Å². The van der Waals surface area contributed by atoms with E-state index in [1.807, 2.05) is 60.7 Å². The molecule has 8 aromatic rings. The third-order valence-electron chi connectivity index (χ3n) is 12.8. The SMILES string of the molecule is CCC(C)(C)c1ccc(Oc2ccc(N=Nc3ccc(N=Nc4ccc(-c5ccc(NCC6CCC(C)CC6)c6ccccc56)c5ccccc45)c4ccccc34)cc2)cc1. The summed E-state index contributed by atoms with van der Waals surface area (Å²) < 4.78 is 6.12. The third kappa shape index (κ3) is 8.67. The van der Waals surface area contributed by atoms with E-state index in [2.05, 4.69) is 140 Å². The Labute approximate surface area is 359 Å². The van der Waals surface area contributed by atoms with Gasteiger partial charge in [-0.15, -0.1) is 15.3 Å². The molecule has 1 aliphatic carbocycles. The highest BCUT2D eigenvalue weighted by Crippen LogP contribution is 2.42. The van der Waals surface area contributed by atoms with Crippen LogP contribution < -0.4 is 10.1 Å². The largest absolute Gasteiger partial charge is 0.457 e. The van der Waals surface area contributed by atoms with Gasteiger partial charge in [-0.1, -0.05) is 138 Å². The van der Waals surface area contributed by atoms with Gasteiger partial charge in [0.1, 0.15) is 11.5 Å². The highest BCUT2D eigenvalue weighted by molar-refractivity contribution is 6.10. The summed E-state index contributed by atoms with van der Waals surface area (Å²) in [4.78, 5) is 0. The molecule has 1 N–H and O–H groups in total. The van der Waals surface area contributed by atoms with Crippen LogP contribution in [0.3, 0.4) is 0 Å². The number of rotatable bonds is 12. The molecule has 0 radical (unpaired) electrons. The van der Waals surface area contributed by atoms with Crippen molar-refractivity contribution in [3.63, 3.8) is 0 Å². The van der Waals surface area contributed by atoms with Crippen LogP contribution in [0.25, 0.3) is 43.4 Å². The van der Waals surface area contributed by atoms with Gasteiger partial charge in [0, 0.05) is 33.8 Å². The zero-order chi connectivity index (χ0) is 41.8. The second kappa shape index (κ2) is 17.5. The summed E-state index contributed by atoms with van der Waals surface area (Å²) in [7, 11) is 0. The molecule has 304 valence electrons. The lowest BCUT2D eigenvalue weighted by atomic mass is 9.82. The van der Waals surface area contributed by atoms with Gasteiger partial charge < -0.3 is 10.1 Å². The van der Waals surface area contributed by atoms with Crippen molar-refractivity contribution in [1.29, 1.82) is 0 Å². The molecule has 0 unspecified atom stereocenters. The lowest BCUT2D eigenvalue weighted by Gasteiger charge is -2.27. The van der Waals surface area contributed by atoms with Crippen LogP contribution in [0.5, 0.6) is 11.5 Å². The average Bonchev–Trinajstić information content (AvgIpc) is 3.30. The predicted molar refractivity (Wildman–Crippen MR) is 255 cm³/mol. The number of nitrogens with zero attached hydrogens (tertiary/aromatic N) is 4. The number of hydrogen-bond acceptors (Lipinski definition) is 6. The molecule has 0 saturated heterocycles. The van der Waals surface area contributed by atoms with E-state index in [0.717, 1.165) is 80.6 Å². The summed E-state index contributed by atoms with van der Waals surface area (Å²) in [6.07, 6.45) is 6.39. The average molecular weight is 800 g/mol. The van der Waals surface area contributed by atoms with Crippen LogP contribution in [0, 0.1) is 11.8 Å². The maximum atomic E-state index is 6.12. The number of fused-ring (bicyclic) bond motifs is 3. The summed E-state index contributed by atoms with van der Waals surface area (Å²) in [5.41, 5.74) is 8.14. The number of hydrogen-bond donors (Lipinski definition) is 1. The molecule has 8 aromatic carbocycles. The molecule has 6 nitrogen and oxygen atoms in total. The normalized spacial score (nSPS) is 15.9. The molecule has 0 heterocycles. The fourth-order valence-corrected chi connectivity index (χ4v) is 8.64. The first-order valence-electron chi connectivity index (χ1n) is 21.8. The van der Waals surface area contributed by atoms with Crippen LogP contribution in [0.1, 0.15) is 65.4 Å². The van der Waals surface area contributed by atoms with Crippen molar-refractivity contribution in [2.45, 2.75) is 65.2 Å². The van der Waals surface area contributed by atoms with Crippen LogP contribution in [-0.2, 0) is 5.41 Å². The molecule has 1 saturated carbocycles. The molecule has 1 aliphatic rings. The van der Waals surface area contributed by atoms with Gasteiger partial charge in [-0.05, 0) is 125 Å². The van der Waals surface area contributed by atoms with E-state index in [1.165, 1.54) is 58.8 Å². The van der Waals surface area contributed by atoms with Gasteiger partial charge in [0.2, 0.25) is 0 Å². The minimum atomic E-state index is 0.138. The Morgan fingerprint density at radius 1 is 0.508 bits per heavy atom. The molecule has 0 aliphatic heterocycles. The minimum absolute atomic E-state index is 0.138. The summed E-state index contributed by atoms with van der Waals surface area (Å²) >= 11 is 0. The highest BCUT2D eigenvalue weighted by Gasteiger charge is 2.20. The lowest BCUT2D eigenvalue weighted by molar-refractivity contribution is 0.300. The number of anilines is 1. The van der Waals surface area contributed by atoms with Crippen molar-refractivity contribution < 1.29 is 4.74 Å². The van der Waals surface area contributed by atoms with Crippen molar-refractivity contribution in [2.75, 3.05) is 11.9 Å². The zero-order valence-corrected chi connectivity index (χ0v) is 35.6. The fraction of sp³-hybridized carbons (Fsp3) is 0.236. The summed E-state index contributed by atoms with van der Waals surface area (Å²) in [6, 6.07) is 54.2. The highest BCUT2D eigenvalue weighted by atomic mass is 16.5. The van der Waals surface area contributed by atoms with Gasteiger partial charge in [0.25, 0.3) is 0 Å². The Morgan fingerprint density at radius 2 is 0.967 bits per heavy atom. The molecule has 6 heteroatoms. The number of ether oxygens (including phenoxy) is 1. The van der Waals surface area contributed by atoms with Gasteiger partial charge in [-0.25, -0.2) is 0 Å². The smallest absolute Gasteiger partial charge is 0.127 e. The summed E-state index contributed by atoms with van der Waals surface area (Å²) in [5, 5.41) is 29.4. The molecular formula is C55H53N5O. The maximum Gasteiger partial charge on any atom is 0.127 e. The summed E-state index contributed by atoms with van der Waals surface area (Å²) in [5.74, 6) is 3.16. The molecule has 1 fully saturated rings. The van der Waals surface area contributed by atoms with Crippen LogP contribution in [0.4, 0.5) is 28.4 Å².